The summed E-state index contributed by atoms with van der Waals surface area (Å²) in [4.78, 5) is 12.4. The number of nitrogens with one attached hydrogen (secondary N) is 1. The molecule has 0 aliphatic rings. The summed E-state index contributed by atoms with van der Waals surface area (Å²) in [6.07, 6.45) is 0. The predicted octanol–water partition coefficient (Wildman–Crippen LogP) is 4.36. The molecule has 0 radical (unpaired) electrons. The molecule has 2 aromatic carbocycles. The zero-order valence-electron chi connectivity index (χ0n) is 11.5. The minimum absolute atomic E-state index is 0.282. The van der Waals surface area contributed by atoms with Crippen LogP contribution in [-0.2, 0) is 0 Å². The number of nitrogens with two attached hydrogens (primary N) is 1. The Morgan fingerprint density at radius 3 is 2.57 bits per heavy atom. The number of ether oxygens (including phenoxy) is 1. The Bertz CT molecular complexity index is 679. The molecule has 2 aromatic rings. The van der Waals surface area contributed by atoms with E-state index >= 15 is 0 Å². The number of carbonyl (C=O) groups excluding carboxylic acids is 1. The molecule has 0 heterocycles. The Labute approximate surface area is 139 Å². The van der Waals surface area contributed by atoms with E-state index in [1.165, 1.54) is 7.11 Å². The van der Waals surface area contributed by atoms with Crippen LogP contribution in [0.1, 0.15) is 15.9 Å². The standard InChI is InChI=1S/C15H14Br2N2O2/c1-8-5-11(17)14(12(18)6-8)19-15(20)10-4-3-9(16)7-13(10)21-2/h3-7H,18H2,1-2H3,(H,19,20). The minimum atomic E-state index is -0.282. The highest BCUT2D eigenvalue weighted by Crippen LogP contribution is 2.32. The van der Waals surface area contributed by atoms with E-state index in [0.29, 0.717) is 22.7 Å². The third kappa shape index (κ3) is 3.57. The van der Waals surface area contributed by atoms with Crippen LogP contribution in [-0.4, -0.2) is 13.0 Å². The number of benzene rings is 2. The van der Waals surface area contributed by atoms with E-state index < -0.39 is 0 Å². The Morgan fingerprint density at radius 1 is 1.24 bits per heavy atom. The summed E-state index contributed by atoms with van der Waals surface area (Å²) in [6, 6.07) is 8.91. The number of nitrogen functional groups attached to an aromatic ring is 1. The van der Waals surface area contributed by atoms with Gasteiger partial charge in [-0.2, -0.15) is 0 Å². The van der Waals surface area contributed by atoms with Gasteiger partial charge in [0.05, 0.1) is 24.0 Å². The van der Waals surface area contributed by atoms with Crippen molar-refractivity contribution in [3.05, 3.63) is 50.4 Å². The number of halogens is 2. The van der Waals surface area contributed by atoms with E-state index in [4.69, 9.17) is 10.5 Å². The number of carbonyl (C=O) groups is 1. The predicted molar refractivity (Wildman–Crippen MR) is 91.9 cm³/mol. The molecule has 0 bridgehead atoms. The number of anilines is 2. The lowest BCUT2D eigenvalue weighted by molar-refractivity contribution is 0.102. The Hall–Kier alpha value is -1.53. The molecule has 2 rings (SSSR count). The molecule has 0 saturated carbocycles. The first kappa shape index (κ1) is 15.9. The van der Waals surface area contributed by atoms with Crippen molar-refractivity contribution in [1.82, 2.24) is 0 Å². The van der Waals surface area contributed by atoms with Gasteiger partial charge in [-0.3, -0.25) is 4.79 Å². The van der Waals surface area contributed by atoms with Crippen molar-refractivity contribution in [1.29, 1.82) is 0 Å². The van der Waals surface area contributed by atoms with Crippen molar-refractivity contribution in [2.45, 2.75) is 6.92 Å². The fourth-order valence-corrected chi connectivity index (χ4v) is 2.96. The van der Waals surface area contributed by atoms with Crippen LogP contribution < -0.4 is 15.8 Å². The Balaban J connectivity index is 2.35. The van der Waals surface area contributed by atoms with Crippen molar-refractivity contribution < 1.29 is 9.53 Å². The van der Waals surface area contributed by atoms with Gasteiger partial charge in [0.2, 0.25) is 0 Å². The van der Waals surface area contributed by atoms with E-state index in [9.17, 15) is 4.79 Å². The van der Waals surface area contributed by atoms with E-state index in [1.807, 2.05) is 13.0 Å². The molecule has 110 valence electrons. The van der Waals surface area contributed by atoms with Crippen molar-refractivity contribution >= 4 is 49.1 Å². The molecule has 0 saturated heterocycles. The van der Waals surface area contributed by atoms with Gasteiger partial charge in [-0.1, -0.05) is 15.9 Å². The zero-order valence-corrected chi connectivity index (χ0v) is 14.7. The number of rotatable bonds is 3. The lowest BCUT2D eigenvalue weighted by Gasteiger charge is -2.13. The van der Waals surface area contributed by atoms with Crippen LogP contribution in [0.2, 0.25) is 0 Å². The van der Waals surface area contributed by atoms with Crippen LogP contribution in [0.3, 0.4) is 0 Å². The van der Waals surface area contributed by atoms with Gasteiger partial charge >= 0.3 is 0 Å². The lowest BCUT2D eigenvalue weighted by atomic mass is 10.1. The summed E-state index contributed by atoms with van der Waals surface area (Å²) in [6.45, 7) is 1.93. The first-order valence-corrected chi connectivity index (χ1v) is 7.71. The summed E-state index contributed by atoms with van der Waals surface area (Å²) in [5, 5.41) is 2.81. The average molecular weight is 414 g/mol. The van der Waals surface area contributed by atoms with Gasteiger partial charge in [0, 0.05) is 8.95 Å². The second-order valence-corrected chi connectivity index (χ2v) is 6.28. The van der Waals surface area contributed by atoms with Crippen LogP contribution in [0.5, 0.6) is 5.75 Å². The molecule has 0 aromatic heterocycles. The van der Waals surface area contributed by atoms with Gasteiger partial charge in [-0.05, 0) is 58.7 Å². The van der Waals surface area contributed by atoms with E-state index in [2.05, 4.69) is 37.2 Å². The smallest absolute Gasteiger partial charge is 0.259 e. The van der Waals surface area contributed by atoms with Crippen molar-refractivity contribution in [3.63, 3.8) is 0 Å². The molecular weight excluding hydrogens is 400 g/mol. The molecule has 0 fully saturated rings. The largest absolute Gasteiger partial charge is 0.496 e. The van der Waals surface area contributed by atoms with E-state index in [0.717, 1.165) is 14.5 Å². The highest BCUT2D eigenvalue weighted by molar-refractivity contribution is 9.10. The van der Waals surface area contributed by atoms with Crippen molar-refractivity contribution in [3.8, 4) is 5.75 Å². The summed E-state index contributed by atoms with van der Waals surface area (Å²) in [5.74, 6) is 0.208. The number of hydrogen-bond acceptors (Lipinski definition) is 3. The first-order valence-electron chi connectivity index (χ1n) is 6.13. The number of hydrogen-bond donors (Lipinski definition) is 2. The third-order valence-electron chi connectivity index (χ3n) is 2.91. The van der Waals surface area contributed by atoms with Crippen LogP contribution >= 0.6 is 31.9 Å². The quantitative estimate of drug-likeness (QED) is 0.734. The molecule has 0 aliphatic heterocycles. The van der Waals surface area contributed by atoms with Gasteiger partial charge in [0.25, 0.3) is 5.91 Å². The fourth-order valence-electron chi connectivity index (χ4n) is 1.93. The zero-order chi connectivity index (χ0) is 15.6. The normalized spacial score (nSPS) is 10.3. The molecule has 21 heavy (non-hydrogen) atoms. The number of amides is 1. The van der Waals surface area contributed by atoms with Crippen molar-refractivity contribution in [2.24, 2.45) is 0 Å². The van der Waals surface area contributed by atoms with Gasteiger partial charge in [-0.25, -0.2) is 0 Å². The molecule has 0 spiro atoms. The molecule has 0 aliphatic carbocycles. The van der Waals surface area contributed by atoms with E-state index in [-0.39, 0.29) is 5.91 Å². The molecule has 0 atom stereocenters. The average Bonchev–Trinajstić information content (AvgIpc) is 2.42. The fraction of sp³-hybridized carbons (Fsp3) is 0.133. The highest BCUT2D eigenvalue weighted by Gasteiger charge is 2.15. The number of methoxy groups -OCH3 is 1. The molecule has 4 nitrogen and oxygen atoms in total. The van der Waals surface area contributed by atoms with E-state index in [1.54, 1.807) is 24.3 Å². The maximum Gasteiger partial charge on any atom is 0.259 e. The van der Waals surface area contributed by atoms with Gasteiger partial charge in [-0.15, -0.1) is 0 Å². The first-order chi connectivity index (χ1) is 9.92. The lowest BCUT2D eigenvalue weighted by Crippen LogP contribution is -2.15. The molecular formula is C15H14Br2N2O2. The van der Waals surface area contributed by atoms with Gasteiger partial charge < -0.3 is 15.8 Å². The van der Waals surface area contributed by atoms with Crippen LogP contribution in [0, 0.1) is 6.92 Å². The summed E-state index contributed by atoms with van der Waals surface area (Å²) < 4.78 is 6.81. The summed E-state index contributed by atoms with van der Waals surface area (Å²) in [7, 11) is 1.52. The molecule has 0 unspecified atom stereocenters. The number of aryl methyl sites for hydroxylation is 1. The Morgan fingerprint density at radius 2 is 1.95 bits per heavy atom. The summed E-state index contributed by atoms with van der Waals surface area (Å²) in [5.41, 5.74) is 8.47. The summed E-state index contributed by atoms with van der Waals surface area (Å²) >= 11 is 6.76. The van der Waals surface area contributed by atoms with Crippen LogP contribution in [0.25, 0.3) is 0 Å². The Kier molecular flexibility index (Phi) is 4.90. The topological polar surface area (TPSA) is 64.3 Å². The van der Waals surface area contributed by atoms with Crippen LogP contribution in [0.4, 0.5) is 11.4 Å². The second kappa shape index (κ2) is 6.49. The molecule has 6 heteroatoms. The maximum atomic E-state index is 12.4. The van der Waals surface area contributed by atoms with Gasteiger partial charge in [0.15, 0.2) is 0 Å². The highest BCUT2D eigenvalue weighted by atomic mass is 79.9. The van der Waals surface area contributed by atoms with Gasteiger partial charge in [0.1, 0.15) is 5.75 Å². The third-order valence-corrected chi connectivity index (χ3v) is 4.03. The van der Waals surface area contributed by atoms with Crippen LogP contribution in [0.15, 0.2) is 39.3 Å². The SMILES string of the molecule is COc1cc(Br)ccc1C(=O)Nc1c(N)cc(C)cc1Br. The second-order valence-electron chi connectivity index (χ2n) is 4.51. The molecule has 1 amide bonds. The monoisotopic (exact) mass is 412 g/mol. The minimum Gasteiger partial charge on any atom is -0.496 e. The molecule has 3 N–H and O–H groups in total. The maximum absolute atomic E-state index is 12.4. The van der Waals surface area contributed by atoms with Crippen molar-refractivity contribution in [2.75, 3.05) is 18.2 Å².